The van der Waals surface area contributed by atoms with E-state index < -0.39 is 0 Å². The maximum atomic E-state index is 7.61. The molecule has 50 heavy (non-hydrogen) atoms. The molecular formula is C35H31ClN12S2. The monoisotopic (exact) mass is 718 g/mol. The molecular weight excluding hydrogens is 688 g/mol. The summed E-state index contributed by atoms with van der Waals surface area (Å²) >= 11 is 12.3. The molecule has 0 unspecified atom stereocenters. The number of alkyl halides is 1. The number of rotatable bonds is 7. The number of hydrogen-bond acceptors (Lipinski definition) is 8. The first-order valence-electron chi connectivity index (χ1n) is 15.3. The van der Waals surface area contributed by atoms with Gasteiger partial charge in [0.1, 0.15) is 23.5 Å². The molecule has 0 aliphatic carbocycles. The SMILES string of the molecule is ClCc1ncc(-c2ccccc2)[nH]1.N=c1ccccn1NC(=S)n1ccnc1.c1ccc(-c2cnc(CSc3nc4ccccn4n3)[nH]2)cc1. The van der Waals surface area contributed by atoms with E-state index in [2.05, 4.69) is 52.6 Å². The number of H-pyrrole nitrogens is 2. The average molecular weight is 719 g/mol. The lowest BCUT2D eigenvalue weighted by molar-refractivity contribution is 0.854. The van der Waals surface area contributed by atoms with Gasteiger partial charge >= 0.3 is 0 Å². The van der Waals surface area contributed by atoms with E-state index in [1.165, 1.54) is 4.68 Å². The molecule has 0 aliphatic rings. The molecule has 4 N–H and O–H groups in total. The van der Waals surface area contributed by atoms with Crippen molar-refractivity contribution in [2.75, 3.05) is 5.43 Å². The molecule has 0 radical (unpaired) electrons. The van der Waals surface area contributed by atoms with Crippen LogP contribution >= 0.6 is 35.6 Å². The van der Waals surface area contributed by atoms with Gasteiger partial charge in [-0.2, -0.15) is 0 Å². The smallest absolute Gasteiger partial charge is 0.209 e. The number of fused-ring (bicyclic) bond motifs is 1. The van der Waals surface area contributed by atoms with Crippen LogP contribution in [0.3, 0.4) is 0 Å². The molecule has 0 saturated heterocycles. The predicted molar refractivity (Wildman–Crippen MR) is 200 cm³/mol. The minimum atomic E-state index is 0.333. The summed E-state index contributed by atoms with van der Waals surface area (Å²) in [5.74, 6) is 2.86. The summed E-state index contributed by atoms with van der Waals surface area (Å²) in [4.78, 5) is 23.4. The van der Waals surface area contributed by atoms with Crippen LogP contribution in [0.2, 0.25) is 0 Å². The first kappa shape index (κ1) is 34.0. The van der Waals surface area contributed by atoms with Crippen LogP contribution in [0.5, 0.6) is 0 Å². The van der Waals surface area contributed by atoms with Crippen molar-refractivity contribution in [2.45, 2.75) is 16.8 Å². The number of halogens is 1. The molecule has 0 aliphatic heterocycles. The van der Waals surface area contributed by atoms with Crippen molar-refractivity contribution in [1.82, 2.24) is 48.8 Å². The summed E-state index contributed by atoms with van der Waals surface area (Å²) < 4.78 is 4.97. The molecule has 0 saturated carbocycles. The number of aromatic amines is 2. The van der Waals surface area contributed by atoms with Gasteiger partial charge in [0.15, 0.2) is 10.8 Å². The van der Waals surface area contributed by atoms with Crippen LogP contribution in [0, 0.1) is 5.41 Å². The summed E-state index contributed by atoms with van der Waals surface area (Å²) in [5, 5.41) is 13.2. The third-order valence-corrected chi connectivity index (χ3v) is 8.33. The Morgan fingerprint density at radius 1 is 0.800 bits per heavy atom. The van der Waals surface area contributed by atoms with E-state index in [4.69, 9.17) is 29.2 Å². The number of pyridine rings is 2. The van der Waals surface area contributed by atoms with Gasteiger partial charge in [-0.3, -0.25) is 15.4 Å². The molecule has 2 aromatic carbocycles. The minimum absolute atomic E-state index is 0.333. The van der Waals surface area contributed by atoms with Crippen LogP contribution in [0.1, 0.15) is 11.6 Å². The zero-order chi connectivity index (χ0) is 34.5. The van der Waals surface area contributed by atoms with Gasteiger partial charge in [0.2, 0.25) is 5.16 Å². The minimum Gasteiger partial charge on any atom is -0.341 e. The second-order valence-electron chi connectivity index (χ2n) is 10.4. The summed E-state index contributed by atoms with van der Waals surface area (Å²) in [7, 11) is 0. The zero-order valence-corrected chi connectivity index (χ0v) is 28.9. The van der Waals surface area contributed by atoms with E-state index in [-0.39, 0.29) is 0 Å². The lowest BCUT2D eigenvalue weighted by atomic mass is 10.2. The van der Waals surface area contributed by atoms with Gasteiger partial charge in [-0.15, -0.1) is 16.7 Å². The van der Waals surface area contributed by atoms with Crippen molar-refractivity contribution in [3.05, 3.63) is 158 Å². The number of thiocarbonyl (C=S) groups is 1. The van der Waals surface area contributed by atoms with Gasteiger partial charge in [-0.05, 0) is 47.6 Å². The average Bonchev–Trinajstić information content (AvgIpc) is 4.00. The standard InChI is InChI=1S/C16H13N5S.C10H9ClN2.C9H9N5S/c1-2-6-12(7-3-1)13-10-17-14(18-13)11-22-16-19-15-8-4-5-9-21(15)20-16;11-6-10-12-7-9(13-10)8-4-2-1-3-5-8;10-8-3-1-2-5-14(8)12-9(15)13-6-4-11-7-13/h1-10H,11H2,(H,17,18);1-5,7H,6H2,(H,12,13);1-7,10H,(H,12,15). The number of thioether (sulfide) groups is 1. The molecule has 250 valence electrons. The summed E-state index contributed by atoms with van der Waals surface area (Å²) in [6, 6.07) is 31.3. The Balaban J connectivity index is 0.000000136. The van der Waals surface area contributed by atoms with Gasteiger partial charge in [-0.1, -0.05) is 84.6 Å². The first-order chi connectivity index (χ1) is 24.6. The van der Waals surface area contributed by atoms with Crippen LogP contribution in [0.25, 0.3) is 28.2 Å². The number of nitrogens with one attached hydrogen (secondary N) is 4. The van der Waals surface area contributed by atoms with E-state index >= 15 is 0 Å². The molecule has 0 atom stereocenters. The fraction of sp³-hybridized carbons (Fsp3) is 0.0571. The van der Waals surface area contributed by atoms with Crippen LogP contribution < -0.4 is 10.9 Å². The van der Waals surface area contributed by atoms with Crippen LogP contribution in [0.4, 0.5) is 0 Å². The molecule has 12 nitrogen and oxygen atoms in total. The highest BCUT2D eigenvalue weighted by atomic mass is 35.5. The highest BCUT2D eigenvalue weighted by molar-refractivity contribution is 7.98. The van der Waals surface area contributed by atoms with Crippen molar-refractivity contribution in [3.8, 4) is 22.5 Å². The highest BCUT2D eigenvalue weighted by Gasteiger charge is 2.07. The second kappa shape index (κ2) is 17.0. The Kier molecular flexibility index (Phi) is 11.6. The van der Waals surface area contributed by atoms with Crippen molar-refractivity contribution < 1.29 is 0 Å². The molecule has 8 rings (SSSR count). The van der Waals surface area contributed by atoms with Crippen LogP contribution in [-0.4, -0.2) is 53.9 Å². The topological polar surface area (TPSA) is 146 Å². The predicted octanol–water partition coefficient (Wildman–Crippen LogP) is 6.77. The van der Waals surface area contributed by atoms with Crippen molar-refractivity contribution in [2.24, 2.45) is 0 Å². The summed E-state index contributed by atoms with van der Waals surface area (Å²) in [5.41, 5.74) is 8.39. The number of aromatic nitrogens is 10. The molecule has 0 fully saturated rings. The van der Waals surface area contributed by atoms with E-state index in [0.29, 0.717) is 22.2 Å². The number of nitrogens with zero attached hydrogens (tertiary/aromatic N) is 8. The number of benzene rings is 2. The quantitative estimate of drug-likeness (QED) is 0.0803. The van der Waals surface area contributed by atoms with Gasteiger partial charge in [0, 0.05) is 24.8 Å². The number of hydrogen-bond donors (Lipinski definition) is 4. The third-order valence-electron chi connectivity index (χ3n) is 6.93. The lowest BCUT2D eigenvalue weighted by Crippen LogP contribution is -2.34. The summed E-state index contributed by atoms with van der Waals surface area (Å²) in [6.07, 6.45) is 12.3. The normalized spacial score (nSPS) is 10.5. The van der Waals surface area contributed by atoms with Crippen molar-refractivity contribution >= 4 is 46.3 Å². The fourth-order valence-corrected chi connectivity index (χ4v) is 5.54. The van der Waals surface area contributed by atoms with Crippen LogP contribution in [0.15, 0.2) is 146 Å². The molecule has 0 bridgehead atoms. The van der Waals surface area contributed by atoms with Crippen molar-refractivity contribution in [3.63, 3.8) is 0 Å². The third kappa shape index (κ3) is 9.19. The second-order valence-corrected chi connectivity index (χ2v) is 12.0. The maximum absolute atomic E-state index is 7.61. The van der Waals surface area contributed by atoms with Gasteiger partial charge < -0.3 is 9.97 Å². The zero-order valence-electron chi connectivity index (χ0n) is 26.5. The van der Waals surface area contributed by atoms with E-state index in [0.717, 1.165) is 45.0 Å². The van der Waals surface area contributed by atoms with Gasteiger partial charge in [0.05, 0.1) is 35.4 Å². The Morgan fingerprint density at radius 3 is 2.06 bits per heavy atom. The molecule has 6 aromatic heterocycles. The van der Waals surface area contributed by atoms with E-state index in [9.17, 15) is 0 Å². The van der Waals surface area contributed by atoms with Gasteiger partial charge in [-0.25, -0.2) is 29.1 Å². The highest BCUT2D eigenvalue weighted by Crippen LogP contribution is 2.22. The first-order valence-corrected chi connectivity index (χ1v) is 17.2. The Hall–Kier alpha value is -5.83. The molecule has 6 heterocycles. The Bertz CT molecular complexity index is 2260. The van der Waals surface area contributed by atoms with E-state index in [1.807, 2.05) is 85.2 Å². The maximum Gasteiger partial charge on any atom is 0.209 e. The lowest BCUT2D eigenvalue weighted by Gasteiger charge is -2.10. The van der Waals surface area contributed by atoms with E-state index in [1.54, 1.807) is 64.1 Å². The van der Waals surface area contributed by atoms with Crippen molar-refractivity contribution in [1.29, 1.82) is 5.41 Å². The summed E-state index contributed by atoms with van der Waals surface area (Å²) in [6.45, 7) is 0. The molecule has 15 heteroatoms. The molecule has 0 amide bonds. The fourth-order valence-electron chi connectivity index (χ4n) is 4.48. The Labute approximate surface area is 301 Å². The molecule has 8 aromatic rings. The van der Waals surface area contributed by atoms with Crippen LogP contribution in [-0.2, 0) is 11.6 Å². The van der Waals surface area contributed by atoms with Gasteiger partial charge in [0.25, 0.3) is 0 Å². The molecule has 0 spiro atoms. The Morgan fingerprint density at radius 2 is 1.44 bits per heavy atom. The largest absolute Gasteiger partial charge is 0.341 e. The number of imidazole rings is 3.